The van der Waals surface area contributed by atoms with Gasteiger partial charge in [-0.25, -0.2) is 35.6 Å². The van der Waals surface area contributed by atoms with E-state index in [1.165, 1.54) is 103 Å². The summed E-state index contributed by atoms with van der Waals surface area (Å²) < 4.78 is 132. The van der Waals surface area contributed by atoms with Crippen LogP contribution in [0.5, 0.6) is 28.9 Å². The number of carboxylic acids is 2. The number of hydrogen-bond donors (Lipinski definition) is 3. The number of halogens is 3. The van der Waals surface area contributed by atoms with E-state index < -0.39 is 77.5 Å². The van der Waals surface area contributed by atoms with Gasteiger partial charge in [-0.1, -0.05) is 76.2 Å². The predicted molar refractivity (Wildman–Crippen MR) is 427 cm³/mol. The molecule has 0 atom stereocenters. The van der Waals surface area contributed by atoms with E-state index in [9.17, 15) is 59.4 Å². The van der Waals surface area contributed by atoms with E-state index in [0.29, 0.717) is 78.6 Å². The molecule has 115 heavy (non-hydrogen) atoms. The molecule has 4 heterocycles. The SMILES string of the molecule is CC(C)c1cc(F)cc(-c2ccnc(F)c2)c1CC(=O)O.COc1ccc(CN(Cc2ccc(OC)cc2)S(=O)(=O)c2nn(C(C)(C)CO)cc2C(=O)N(C)C)cc1.COc1ccc(CN(Cc2ccc(OC)cc2)S(=O)(=O)c2nn(C(C)(C)COc3cc(-c4cc(F)cc(C(C)C)c4CC(=O)O)ccn3)cc2C(=O)N(C)C)cc1. The number of hydrogen-bond acceptors (Lipinski definition) is 18. The monoisotopic (exact) mass is 1620 g/mol. The molecule has 0 unspecified atom stereocenters. The number of pyridine rings is 2. The molecule has 10 rings (SSSR count). The van der Waals surface area contributed by atoms with Crippen LogP contribution in [0.1, 0.15) is 132 Å². The van der Waals surface area contributed by atoms with Gasteiger partial charge in [0, 0.05) is 91.3 Å². The molecule has 0 aliphatic carbocycles. The summed E-state index contributed by atoms with van der Waals surface area (Å²) in [5.74, 6) is -2.27. The zero-order valence-corrected chi connectivity index (χ0v) is 68.7. The first-order valence-electron chi connectivity index (χ1n) is 36.3. The van der Waals surface area contributed by atoms with Crippen LogP contribution in [0.4, 0.5) is 13.2 Å². The summed E-state index contributed by atoms with van der Waals surface area (Å²) in [6.45, 7) is 14.0. The Kier molecular flexibility index (Phi) is 29.8. The van der Waals surface area contributed by atoms with Gasteiger partial charge in [0.05, 0.1) is 70.1 Å². The summed E-state index contributed by atoms with van der Waals surface area (Å²) >= 11 is 0. The van der Waals surface area contributed by atoms with Crippen molar-refractivity contribution in [2.75, 3.05) is 69.8 Å². The van der Waals surface area contributed by atoms with E-state index in [1.807, 2.05) is 27.7 Å². The molecule has 0 radical (unpaired) electrons. The van der Waals surface area contributed by atoms with Crippen LogP contribution in [0, 0.1) is 17.6 Å². The first kappa shape index (κ1) is 89.0. The number of aromatic nitrogens is 6. The minimum atomic E-state index is -4.44. The molecule has 6 aromatic carbocycles. The van der Waals surface area contributed by atoms with Crippen LogP contribution < -0.4 is 23.7 Å². The van der Waals surface area contributed by atoms with E-state index in [4.69, 9.17) is 28.8 Å². The number of benzene rings is 6. The average Bonchev–Trinajstić information content (AvgIpc) is 1.64. The van der Waals surface area contributed by atoms with Gasteiger partial charge in [0.2, 0.25) is 21.9 Å². The second kappa shape index (κ2) is 38.5. The molecule has 2 amide bonds. The molecule has 31 heteroatoms. The van der Waals surface area contributed by atoms with Crippen LogP contribution >= 0.6 is 0 Å². The quantitative estimate of drug-likeness (QED) is 0.0330. The first-order chi connectivity index (χ1) is 54.2. The van der Waals surface area contributed by atoms with E-state index in [0.717, 1.165) is 11.1 Å². The molecule has 3 N–H and O–H groups in total. The lowest BCUT2D eigenvalue weighted by Crippen LogP contribution is -2.35. The minimum absolute atomic E-state index is 0.0319. The van der Waals surface area contributed by atoms with Crippen LogP contribution in [0.25, 0.3) is 22.3 Å². The molecule has 0 spiro atoms. The number of carbonyl (C=O) groups is 4. The van der Waals surface area contributed by atoms with Gasteiger partial charge >= 0.3 is 11.9 Å². The largest absolute Gasteiger partial charge is 0.497 e. The van der Waals surface area contributed by atoms with E-state index >= 15 is 0 Å². The number of amides is 2. The lowest BCUT2D eigenvalue weighted by atomic mass is 9.88. The fourth-order valence-electron chi connectivity index (χ4n) is 12.1. The van der Waals surface area contributed by atoms with Crippen molar-refractivity contribution >= 4 is 43.8 Å². The summed E-state index contributed by atoms with van der Waals surface area (Å²) in [4.78, 5) is 59.9. The normalized spacial score (nSPS) is 11.7. The fraction of sp³-hybridized carbons (Fsp3) is 0.333. The van der Waals surface area contributed by atoms with E-state index in [2.05, 4.69) is 20.2 Å². The van der Waals surface area contributed by atoms with Crippen LogP contribution in [0.3, 0.4) is 0 Å². The van der Waals surface area contributed by atoms with Gasteiger partial charge in [0.25, 0.3) is 31.9 Å². The van der Waals surface area contributed by atoms with Gasteiger partial charge in [-0.05, 0) is 191 Å². The maximum absolute atomic E-state index is 14.8. The highest BCUT2D eigenvalue weighted by Crippen LogP contribution is 2.37. The van der Waals surface area contributed by atoms with Crippen LogP contribution in [-0.4, -0.2) is 174 Å². The van der Waals surface area contributed by atoms with Gasteiger partial charge in [-0.15, -0.1) is 0 Å². The van der Waals surface area contributed by atoms with Crippen molar-refractivity contribution in [1.29, 1.82) is 0 Å². The van der Waals surface area contributed by atoms with Crippen molar-refractivity contribution in [3.05, 3.63) is 244 Å². The second-order valence-corrected chi connectivity index (χ2v) is 32.9. The van der Waals surface area contributed by atoms with Crippen LogP contribution in [0.15, 0.2) is 180 Å². The smallest absolute Gasteiger partial charge is 0.307 e. The predicted octanol–water partition coefficient (Wildman–Crippen LogP) is 13.3. The third-order valence-electron chi connectivity index (χ3n) is 18.6. The summed E-state index contributed by atoms with van der Waals surface area (Å²) in [7, 11) is 3.63. The molecule has 10 aromatic rings. The number of carboxylic acid groups (broad SMARTS) is 2. The van der Waals surface area contributed by atoms with Gasteiger partial charge < -0.3 is 48.8 Å². The highest BCUT2D eigenvalue weighted by molar-refractivity contribution is 7.89. The van der Waals surface area contributed by atoms with Crippen molar-refractivity contribution in [2.24, 2.45) is 0 Å². The van der Waals surface area contributed by atoms with E-state index in [-0.39, 0.29) is 86.1 Å². The molecule has 26 nitrogen and oxygen atoms in total. The van der Waals surface area contributed by atoms with Crippen molar-refractivity contribution in [3.63, 3.8) is 0 Å². The molecule has 4 aromatic heterocycles. The van der Waals surface area contributed by atoms with Crippen molar-refractivity contribution in [2.45, 2.75) is 127 Å². The van der Waals surface area contributed by atoms with Gasteiger partial charge in [0.1, 0.15) is 41.2 Å². The molecular weight excluding hydrogens is 1530 g/mol. The first-order valence-corrected chi connectivity index (χ1v) is 39.2. The number of aliphatic hydroxyl groups excluding tert-OH is 1. The van der Waals surface area contributed by atoms with Crippen molar-refractivity contribution < 1.29 is 88.2 Å². The number of rotatable bonds is 32. The minimum Gasteiger partial charge on any atom is -0.497 e. The summed E-state index contributed by atoms with van der Waals surface area (Å²) in [6.07, 6.45) is 4.99. The Morgan fingerprint density at radius 2 is 0.809 bits per heavy atom. The van der Waals surface area contributed by atoms with Crippen LogP contribution in [0.2, 0.25) is 0 Å². The molecule has 0 fully saturated rings. The summed E-state index contributed by atoms with van der Waals surface area (Å²) in [5, 5.41) is 36.7. The van der Waals surface area contributed by atoms with Crippen molar-refractivity contribution in [3.8, 4) is 51.1 Å². The van der Waals surface area contributed by atoms with E-state index in [1.54, 1.807) is 179 Å². The second-order valence-electron chi connectivity index (χ2n) is 29.2. The topological polar surface area (TPSA) is 318 Å². The Balaban J connectivity index is 0.000000242. The van der Waals surface area contributed by atoms with Crippen molar-refractivity contribution in [1.82, 2.24) is 47.9 Å². The maximum atomic E-state index is 14.8. The zero-order valence-electron chi connectivity index (χ0n) is 67.0. The van der Waals surface area contributed by atoms with Gasteiger partial charge in [-0.2, -0.15) is 23.2 Å². The molecule has 0 bridgehead atoms. The Labute approximate surface area is 668 Å². The Morgan fingerprint density at radius 1 is 0.478 bits per heavy atom. The standard InChI is InChI=1S/C42H48FN5O8S.C26H34N4O6S.C16H15F2NO2/c1-27(2)34-20-31(43)21-35(36(34)22-39(49)50)30-17-18-44-38(19-30)56-26-42(3,4)48-25-37(41(51)46(5)6)40(45-48)57(52,53)47(23-28-9-13-32(54-7)14-10-28)24-29-11-15-33(55-8)16-12-29;1-26(2,18-31)30-17-23(25(32)28(3)4)24(27-30)37(33,34)29(15-19-7-11-21(35-5)12-8-19)16-20-9-13-22(36-6)14-10-20;1-9(2)12-6-11(17)7-13(14(12)8-16(20)21)10-3-4-19-15(18)5-10/h9-21,25,27H,22-24,26H2,1-8H3,(H,49,50);7-14,17,31H,15-16,18H2,1-6H3;3-7,9H,8H2,1-2H3,(H,20,21). The summed E-state index contributed by atoms with van der Waals surface area (Å²) in [5.41, 5.74) is 4.61. The number of sulfonamides is 2. The zero-order chi connectivity index (χ0) is 84.6. The molecule has 612 valence electrons. The summed E-state index contributed by atoms with van der Waals surface area (Å²) in [6, 6.07) is 39.4. The number of aliphatic carboxylic acids is 2. The van der Waals surface area contributed by atoms with Crippen LogP contribution in [-0.2, 0) is 79.7 Å². The lowest BCUT2D eigenvalue weighted by molar-refractivity contribution is -0.137. The number of carbonyl (C=O) groups excluding carboxylic acids is 2. The Morgan fingerprint density at radius 3 is 1.11 bits per heavy atom. The van der Waals surface area contributed by atoms with Gasteiger partial charge in [0.15, 0.2) is 0 Å². The molecular formula is C84H97F3N10O16S2. The highest BCUT2D eigenvalue weighted by atomic mass is 32.2. The molecule has 0 saturated heterocycles. The average molecular weight is 1620 g/mol. The Hall–Kier alpha value is -11.5. The number of nitrogens with zero attached hydrogens (tertiary/aromatic N) is 10. The number of ether oxygens (including phenoxy) is 5. The van der Waals surface area contributed by atoms with Gasteiger partial charge in [-0.3, -0.25) is 28.5 Å². The lowest BCUT2D eigenvalue weighted by Gasteiger charge is -2.25. The third kappa shape index (κ3) is 22.7. The fourth-order valence-corrected chi connectivity index (χ4v) is 15.1. The third-order valence-corrected chi connectivity index (χ3v) is 22.0. The number of methoxy groups -OCH3 is 4. The number of aliphatic hydroxyl groups is 1. The Bertz CT molecular complexity index is 5190. The molecule has 0 aliphatic heterocycles. The molecule has 0 saturated carbocycles. The molecule has 0 aliphatic rings. The highest BCUT2D eigenvalue weighted by Gasteiger charge is 2.39. The maximum Gasteiger partial charge on any atom is 0.307 e.